The molecule has 310 valence electrons. The Balaban J connectivity index is 1.05. The lowest BCUT2D eigenvalue weighted by Gasteiger charge is -2.34. The molecular weight excluding hydrogens is 829 g/mol. The summed E-state index contributed by atoms with van der Waals surface area (Å²) in [5, 5.41) is 4.84. The van der Waals surface area contributed by atoms with Crippen LogP contribution in [0.1, 0.15) is 0 Å². The van der Waals surface area contributed by atoms with E-state index in [0.29, 0.717) is 32.3 Å². The zero-order valence-corrected chi connectivity index (χ0v) is 36.1. The summed E-state index contributed by atoms with van der Waals surface area (Å²) in [6.07, 6.45) is 0. The van der Waals surface area contributed by atoms with Crippen LogP contribution in [0, 0.1) is 0 Å². The smallest absolute Gasteiger partial charge is 0.195 e. The largest absolute Gasteiger partial charge is 0.453 e. The molecule has 0 aliphatic carbocycles. The SMILES string of the molecule is O=c1c2cc(N3c4ccccc4Oc4ccccc43)ccc2ccc2ccc3ccc4c(N5c6cc(-c7ccccc7)ccc6Sc6ccc(-c7ccccc7)cc65)cccc4c(=O)c3c12. The van der Waals surface area contributed by atoms with Gasteiger partial charge in [-0.2, -0.15) is 0 Å². The summed E-state index contributed by atoms with van der Waals surface area (Å²) < 4.78 is 6.31. The molecule has 0 amide bonds. The highest BCUT2D eigenvalue weighted by Crippen LogP contribution is 2.55. The van der Waals surface area contributed by atoms with E-state index >= 15 is 9.59 Å². The molecule has 0 unspecified atom stereocenters. The lowest BCUT2D eigenvalue weighted by molar-refractivity contribution is 0.477. The molecule has 6 heteroatoms. The maximum Gasteiger partial charge on any atom is 0.195 e. The fourth-order valence-corrected chi connectivity index (χ4v) is 10.9. The summed E-state index contributed by atoms with van der Waals surface area (Å²) in [6, 6.07) is 73.9. The topological polar surface area (TPSA) is 49.9 Å². The number of hydrogen-bond donors (Lipinski definition) is 0. The Morgan fingerprint density at radius 2 is 0.833 bits per heavy atom. The second kappa shape index (κ2) is 15.1. The van der Waals surface area contributed by atoms with Crippen LogP contribution >= 0.6 is 11.8 Å². The molecule has 66 heavy (non-hydrogen) atoms. The Hall–Kier alpha value is -8.45. The van der Waals surface area contributed by atoms with E-state index in [0.717, 1.165) is 88.4 Å². The van der Waals surface area contributed by atoms with Gasteiger partial charge >= 0.3 is 0 Å². The van der Waals surface area contributed by atoms with Gasteiger partial charge in [-0.25, -0.2) is 0 Å². The Morgan fingerprint density at radius 1 is 0.333 bits per heavy atom. The third-order valence-electron chi connectivity index (χ3n) is 13.0. The molecule has 0 N–H and O–H groups in total. The average Bonchev–Trinajstić information content (AvgIpc) is 3.61. The predicted octanol–water partition coefficient (Wildman–Crippen LogP) is 15.9. The first-order valence-corrected chi connectivity index (χ1v) is 22.8. The van der Waals surface area contributed by atoms with Crippen LogP contribution in [0.25, 0.3) is 65.3 Å². The first kappa shape index (κ1) is 38.0. The van der Waals surface area contributed by atoms with Crippen molar-refractivity contribution in [1.29, 1.82) is 0 Å². The number of benzene rings is 9. The molecule has 0 bridgehead atoms. The average molecular weight is 865 g/mol. The zero-order valence-electron chi connectivity index (χ0n) is 35.3. The quantitative estimate of drug-likeness (QED) is 0.176. The normalized spacial score (nSPS) is 12.7. The molecule has 5 nitrogen and oxygen atoms in total. The summed E-state index contributed by atoms with van der Waals surface area (Å²) in [6.45, 7) is 0. The number of ether oxygens (including phenoxy) is 1. The minimum Gasteiger partial charge on any atom is -0.453 e. The molecule has 2 aliphatic rings. The fourth-order valence-electron chi connectivity index (χ4n) is 9.84. The van der Waals surface area contributed by atoms with Crippen LogP contribution in [0.2, 0.25) is 0 Å². The zero-order chi connectivity index (χ0) is 43.9. The van der Waals surface area contributed by atoms with E-state index < -0.39 is 0 Å². The summed E-state index contributed by atoms with van der Waals surface area (Å²) in [5.74, 6) is 1.46. The molecular formula is C60H36N2O3S. The van der Waals surface area contributed by atoms with Crippen LogP contribution in [0.5, 0.6) is 11.5 Å². The van der Waals surface area contributed by atoms with E-state index in [1.165, 1.54) is 0 Å². The van der Waals surface area contributed by atoms with E-state index in [4.69, 9.17) is 4.74 Å². The highest BCUT2D eigenvalue weighted by Gasteiger charge is 2.29. The second-order valence-corrected chi connectivity index (χ2v) is 17.8. The molecule has 0 spiro atoms. The van der Waals surface area contributed by atoms with E-state index in [1.807, 2.05) is 121 Å². The lowest BCUT2D eigenvalue weighted by atomic mass is 10.0. The first-order chi connectivity index (χ1) is 32.6. The van der Waals surface area contributed by atoms with Crippen molar-refractivity contribution in [1.82, 2.24) is 0 Å². The molecule has 0 saturated heterocycles. The van der Waals surface area contributed by atoms with Gasteiger partial charge < -0.3 is 14.5 Å². The Labute approximate surface area is 384 Å². The summed E-state index contributed by atoms with van der Waals surface area (Å²) in [7, 11) is 0. The van der Waals surface area contributed by atoms with Crippen LogP contribution in [-0.4, -0.2) is 0 Å². The van der Waals surface area contributed by atoms with Crippen molar-refractivity contribution in [3.8, 4) is 33.8 Å². The molecule has 13 rings (SSSR count). The molecule has 0 atom stereocenters. The van der Waals surface area contributed by atoms with Crippen LogP contribution in [0.15, 0.2) is 238 Å². The summed E-state index contributed by atoms with van der Waals surface area (Å²) >= 11 is 1.76. The Morgan fingerprint density at radius 3 is 1.44 bits per heavy atom. The van der Waals surface area contributed by atoms with Crippen LogP contribution in [-0.2, 0) is 0 Å². The standard InChI is InChI=1S/C60H36N2O3S/c63-59-46-16-11-19-48(62-51-34-42(37-12-3-1-4-13-37)28-32-55(51)66-56-33-29-43(35-52(56)62)38-14-5-2-6-15-38)45(46)31-27-41-25-24-40-23-22-39-26-30-44(36-47(39)60(64)58(40)57(41)59)61-49-17-7-9-20-53(49)65-54-21-10-8-18-50(54)61/h1-36H. The number of hydrogen-bond acceptors (Lipinski definition) is 6. The van der Waals surface area contributed by atoms with Crippen molar-refractivity contribution < 1.29 is 4.74 Å². The van der Waals surface area contributed by atoms with Crippen molar-refractivity contribution in [2.24, 2.45) is 0 Å². The van der Waals surface area contributed by atoms with Gasteiger partial charge in [-0.05, 0) is 105 Å². The molecule has 11 aromatic rings. The van der Waals surface area contributed by atoms with Crippen LogP contribution < -0.4 is 25.4 Å². The number of rotatable bonds is 4. The molecule has 0 fully saturated rings. The number of fused-ring (bicyclic) bond motifs is 9. The molecule has 2 heterocycles. The summed E-state index contributed by atoms with van der Waals surface area (Å²) in [4.78, 5) is 37.5. The van der Waals surface area contributed by atoms with E-state index in [-0.39, 0.29) is 10.9 Å². The van der Waals surface area contributed by atoms with Crippen molar-refractivity contribution in [2.75, 3.05) is 9.80 Å². The molecule has 0 aromatic heterocycles. The van der Waals surface area contributed by atoms with Gasteiger partial charge in [0.2, 0.25) is 0 Å². The first-order valence-electron chi connectivity index (χ1n) is 22.0. The number of nitrogens with zero attached hydrogens (tertiary/aromatic N) is 2. The highest BCUT2D eigenvalue weighted by atomic mass is 32.2. The second-order valence-electron chi connectivity index (χ2n) is 16.7. The molecule has 2 aliphatic heterocycles. The fraction of sp³-hybridized carbons (Fsp3) is 0. The van der Waals surface area contributed by atoms with Crippen molar-refractivity contribution >= 4 is 89.0 Å². The molecule has 11 aromatic carbocycles. The van der Waals surface area contributed by atoms with Gasteiger partial charge in [0.25, 0.3) is 0 Å². The van der Waals surface area contributed by atoms with Gasteiger partial charge in [0.05, 0.1) is 28.4 Å². The molecule has 0 radical (unpaired) electrons. The van der Waals surface area contributed by atoms with Gasteiger partial charge in [0, 0.05) is 42.4 Å². The Bertz CT molecular complexity index is 3820. The van der Waals surface area contributed by atoms with Crippen LogP contribution in [0.3, 0.4) is 0 Å². The minimum absolute atomic E-state index is 0.191. The van der Waals surface area contributed by atoms with E-state index in [1.54, 1.807) is 11.8 Å². The minimum atomic E-state index is -0.197. The highest BCUT2D eigenvalue weighted by molar-refractivity contribution is 7.99. The number of para-hydroxylation sites is 4. The molecule has 0 saturated carbocycles. The predicted molar refractivity (Wildman–Crippen MR) is 273 cm³/mol. The monoisotopic (exact) mass is 864 g/mol. The third kappa shape index (κ3) is 6.03. The van der Waals surface area contributed by atoms with Crippen LogP contribution in [0.4, 0.5) is 34.1 Å². The maximum absolute atomic E-state index is 15.5. The van der Waals surface area contributed by atoms with Crippen molar-refractivity contribution in [3.63, 3.8) is 0 Å². The van der Waals surface area contributed by atoms with E-state index in [2.05, 4.69) is 107 Å². The van der Waals surface area contributed by atoms with Gasteiger partial charge in [-0.1, -0.05) is 163 Å². The van der Waals surface area contributed by atoms with Gasteiger partial charge in [0.1, 0.15) is 0 Å². The van der Waals surface area contributed by atoms with Gasteiger partial charge in [-0.3, -0.25) is 9.59 Å². The Kier molecular flexibility index (Phi) is 8.70. The lowest BCUT2D eigenvalue weighted by Crippen LogP contribution is -2.16. The third-order valence-corrected chi connectivity index (χ3v) is 14.1. The van der Waals surface area contributed by atoms with Gasteiger partial charge in [0.15, 0.2) is 22.4 Å². The van der Waals surface area contributed by atoms with Gasteiger partial charge in [-0.15, -0.1) is 0 Å². The van der Waals surface area contributed by atoms with Crippen molar-refractivity contribution in [2.45, 2.75) is 9.79 Å². The summed E-state index contributed by atoms with van der Waals surface area (Å²) in [5.41, 5.74) is 9.56. The number of anilines is 6. The van der Waals surface area contributed by atoms with E-state index in [9.17, 15) is 0 Å². The van der Waals surface area contributed by atoms with Crippen molar-refractivity contribution in [3.05, 3.63) is 239 Å². The maximum atomic E-state index is 15.5.